The van der Waals surface area contributed by atoms with Gasteiger partial charge in [-0.15, -0.1) is 0 Å². The molecule has 0 atom stereocenters. The Hall–Kier alpha value is -2.77. The first-order chi connectivity index (χ1) is 11.7. The number of carbonyl (C=O) groups is 1. The Labute approximate surface area is 139 Å². The molecule has 128 valence electrons. The maximum absolute atomic E-state index is 10.5. The van der Waals surface area contributed by atoms with Gasteiger partial charge in [-0.3, -0.25) is 4.79 Å². The van der Waals surface area contributed by atoms with E-state index in [1.807, 2.05) is 0 Å². The lowest BCUT2D eigenvalue weighted by molar-refractivity contribution is -0.105. The summed E-state index contributed by atoms with van der Waals surface area (Å²) in [6.07, 6.45) is 0.607. The van der Waals surface area contributed by atoms with Gasteiger partial charge in [0.25, 0.3) is 0 Å². The summed E-state index contributed by atoms with van der Waals surface area (Å²) in [6, 6.07) is 10.1. The molecule has 0 spiro atoms. The van der Waals surface area contributed by atoms with Gasteiger partial charge in [0, 0.05) is 32.0 Å². The van der Waals surface area contributed by atoms with E-state index in [9.17, 15) is 9.90 Å². The highest BCUT2D eigenvalue weighted by Crippen LogP contribution is 2.42. The van der Waals surface area contributed by atoms with E-state index < -0.39 is 0 Å². The molecule has 7 nitrogen and oxygen atoms in total. The van der Waals surface area contributed by atoms with Crippen molar-refractivity contribution in [2.45, 2.75) is 0 Å². The van der Waals surface area contributed by atoms with Gasteiger partial charge in [-0.05, 0) is 17.7 Å². The van der Waals surface area contributed by atoms with Gasteiger partial charge in [0.05, 0.1) is 5.56 Å². The van der Waals surface area contributed by atoms with Crippen molar-refractivity contribution in [3.63, 3.8) is 0 Å². The number of ether oxygens (including phenoxy) is 4. The summed E-state index contributed by atoms with van der Waals surface area (Å²) < 4.78 is 21.0. The van der Waals surface area contributed by atoms with Gasteiger partial charge in [-0.1, -0.05) is 12.1 Å². The van der Waals surface area contributed by atoms with Crippen LogP contribution in [0, 0.1) is 0 Å². The first kappa shape index (κ1) is 17.6. The van der Waals surface area contributed by atoms with Gasteiger partial charge in [-0.25, -0.2) is 0 Å². The molecule has 0 unspecified atom stereocenters. The van der Waals surface area contributed by atoms with Crippen molar-refractivity contribution in [2.24, 2.45) is 0 Å². The second kappa shape index (κ2) is 8.76. The zero-order valence-corrected chi connectivity index (χ0v) is 13.4. The Balaban J connectivity index is 2.47. The number of benzene rings is 2. The lowest BCUT2D eigenvalue weighted by Crippen LogP contribution is -2.04. The standard InChI is InChI=1S/C17H19NO6/c1-21-10-23-15-7-14(20)8-16(24-11-22-2)17(15)12-3-5-13(6-4-12)18-9-19/h3-9,20H,10-11H2,1-2H3,(H,18,19). The van der Waals surface area contributed by atoms with Gasteiger partial charge < -0.3 is 29.4 Å². The lowest BCUT2D eigenvalue weighted by atomic mass is 10.0. The van der Waals surface area contributed by atoms with Crippen LogP contribution in [0.25, 0.3) is 11.1 Å². The van der Waals surface area contributed by atoms with Gasteiger partial charge >= 0.3 is 0 Å². The number of hydrogen-bond donors (Lipinski definition) is 2. The summed E-state index contributed by atoms with van der Waals surface area (Å²) in [5.74, 6) is 0.799. The predicted molar refractivity (Wildman–Crippen MR) is 88.2 cm³/mol. The molecule has 0 fully saturated rings. The van der Waals surface area contributed by atoms with Crippen LogP contribution in [-0.2, 0) is 14.3 Å². The Morgan fingerprint density at radius 3 is 2.00 bits per heavy atom. The number of carbonyl (C=O) groups excluding carboxylic acids is 1. The molecule has 0 aliphatic carbocycles. The fourth-order valence-electron chi connectivity index (χ4n) is 2.13. The van der Waals surface area contributed by atoms with Crippen molar-refractivity contribution in [3.8, 4) is 28.4 Å². The average molecular weight is 333 g/mol. The van der Waals surface area contributed by atoms with Crippen LogP contribution >= 0.6 is 0 Å². The Bertz CT molecular complexity index is 642. The zero-order chi connectivity index (χ0) is 17.4. The molecule has 2 N–H and O–H groups in total. The third kappa shape index (κ3) is 4.37. The average Bonchev–Trinajstić information content (AvgIpc) is 2.59. The third-order valence-corrected chi connectivity index (χ3v) is 3.11. The zero-order valence-electron chi connectivity index (χ0n) is 13.4. The van der Waals surface area contributed by atoms with E-state index in [4.69, 9.17) is 18.9 Å². The number of rotatable bonds is 9. The van der Waals surface area contributed by atoms with Crippen LogP contribution in [0.2, 0.25) is 0 Å². The number of aromatic hydroxyl groups is 1. The van der Waals surface area contributed by atoms with Crippen LogP contribution in [0.15, 0.2) is 36.4 Å². The van der Waals surface area contributed by atoms with Crippen molar-refractivity contribution in [1.29, 1.82) is 0 Å². The topological polar surface area (TPSA) is 86.2 Å². The van der Waals surface area contributed by atoms with Gasteiger partial charge in [-0.2, -0.15) is 0 Å². The molecule has 1 amide bonds. The molecule has 2 aromatic carbocycles. The molecule has 0 saturated heterocycles. The minimum absolute atomic E-state index is 0.00445. The van der Waals surface area contributed by atoms with Crippen molar-refractivity contribution in [2.75, 3.05) is 33.1 Å². The number of nitrogens with one attached hydrogen (secondary N) is 1. The van der Waals surface area contributed by atoms with Crippen LogP contribution in [0.5, 0.6) is 17.2 Å². The Morgan fingerprint density at radius 2 is 1.54 bits per heavy atom. The first-order valence-corrected chi connectivity index (χ1v) is 7.10. The summed E-state index contributed by atoms with van der Waals surface area (Å²) in [7, 11) is 3.01. The highest BCUT2D eigenvalue weighted by atomic mass is 16.7. The molecule has 0 aromatic heterocycles. The van der Waals surface area contributed by atoms with E-state index in [1.54, 1.807) is 24.3 Å². The molecule has 0 bridgehead atoms. The monoisotopic (exact) mass is 333 g/mol. The van der Waals surface area contributed by atoms with Crippen molar-refractivity contribution >= 4 is 12.1 Å². The summed E-state index contributed by atoms with van der Waals surface area (Å²) in [6.45, 7) is 0.0376. The number of phenolic OH excluding ortho intramolecular Hbond substituents is 1. The fourth-order valence-corrected chi connectivity index (χ4v) is 2.13. The first-order valence-electron chi connectivity index (χ1n) is 7.10. The second-order valence-corrected chi connectivity index (χ2v) is 4.76. The van der Waals surface area contributed by atoms with Crippen molar-refractivity contribution < 1.29 is 28.8 Å². The van der Waals surface area contributed by atoms with E-state index in [2.05, 4.69) is 5.32 Å². The van der Waals surface area contributed by atoms with E-state index in [0.29, 0.717) is 29.2 Å². The molecule has 2 rings (SSSR count). The number of amides is 1. The van der Waals surface area contributed by atoms with Gasteiger partial charge in [0.1, 0.15) is 17.2 Å². The van der Waals surface area contributed by atoms with Crippen molar-refractivity contribution in [1.82, 2.24) is 0 Å². The van der Waals surface area contributed by atoms with Crippen LogP contribution in [0.3, 0.4) is 0 Å². The predicted octanol–water partition coefficient (Wildman–Crippen LogP) is 2.59. The third-order valence-electron chi connectivity index (χ3n) is 3.11. The number of hydrogen-bond acceptors (Lipinski definition) is 6. The summed E-state index contributed by atoms with van der Waals surface area (Å²) in [5.41, 5.74) is 2.08. The van der Waals surface area contributed by atoms with Crippen LogP contribution in [-0.4, -0.2) is 39.3 Å². The quantitative estimate of drug-likeness (QED) is 0.542. The van der Waals surface area contributed by atoms with Gasteiger partial charge in [0.2, 0.25) is 6.41 Å². The lowest BCUT2D eigenvalue weighted by Gasteiger charge is -2.17. The van der Waals surface area contributed by atoms with E-state index >= 15 is 0 Å². The minimum Gasteiger partial charge on any atom is -0.508 e. The summed E-state index contributed by atoms with van der Waals surface area (Å²) >= 11 is 0. The molecular formula is C17H19NO6. The molecule has 0 heterocycles. The SMILES string of the molecule is COCOc1cc(O)cc(OCOC)c1-c1ccc(NC=O)cc1. The maximum Gasteiger partial charge on any atom is 0.211 e. The molecule has 0 radical (unpaired) electrons. The van der Waals surface area contributed by atoms with Crippen LogP contribution in [0.1, 0.15) is 0 Å². The normalized spacial score (nSPS) is 10.2. The minimum atomic E-state index is -0.00445. The molecule has 24 heavy (non-hydrogen) atoms. The van der Waals surface area contributed by atoms with Crippen LogP contribution < -0.4 is 14.8 Å². The molecule has 2 aromatic rings. The molecule has 0 saturated carbocycles. The molecule has 0 aliphatic heterocycles. The van der Waals surface area contributed by atoms with Crippen molar-refractivity contribution in [3.05, 3.63) is 36.4 Å². The summed E-state index contributed by atoms with van der Waals surface area (Å²) in [4.78, 5) is 10.5. The van der Waals surface area contributed by atoms with Crippen LogP contribution in [0.4, 0.5) is 5.69 Å². The smallest absolute Gasteiger partial charge is 0.211 e. The molecule has 7 heteroatoms. The molecule has 0 aliphatic rings. The number of phenols is 1. The fraction of sp³-hybridized carbons (Fsp3) is 0.235. The van der Waals surface area contributed by atoms with E-state index in [0.717, 1.165) is 5.56 Å². The molecular weight excluding hydrogens is 314 g/mol. The number of anilines is 1. The highest BCUT2D eigenvalue weighted by molar-refractivity contribution is 5.80. The summed E-state index contributed by atoms with van der Waals surface area (Å²) in [5, 5.41) is 12.5. The largest absolute Gasteiger partial charge is 0.508 e. The van der Waals surface area contributed by atoms with E-state index in [-0.39, 0.29) is 19.3 Å². The maximum atomic E-state index is 10.5. The Kier molecular flexibility index (Phi) is 6.41. The highest BCUT2D eigenvalue weighted by Gasteiger charge is 2.16. The number of methoxy groups -OCH3 is 2. The van der Waals surface area contributed by atoms with Gasteiger partial charge in [0.15, 0.2) is 13.6 Å². The Morgan fingerprint density at radius 1 is 1.00 bits per heavy atom. The van der Waals surface area contributed by atoms with E-state index in [1.165, 1.54) is 26.4 Å². The second-order valence-electron chi connectivity index (χ2n) is 4.76.